The number of benzene rings is 1. The van der Waals surface area contributed by atoms with Gasteiger partial charge in [-0.3, -0.25) is 4.79 Å². The number of carboxylic acid groups (broad SMARTS) is 1. The first-order valence-electron chi connectivity index (χ1n) is 6.08. The Balaban J connectivity index is 2.18. The van der Waals surface area contributed by atoms with Gasteiger partial charge in [0.05, 0.1) is 0 Å². The Hall–Kier alpha value is -1.84. The maximum atomic E-state index is 11.7. The Morgan fingerprint density at radius 2 is 1.94 bits per heavy atom. The van der Waals surface area contributed by atoms with Gasteiger partial charge in [0.15, 0.2) is 0 Å². The summed E-state index contributed by atoms with van der Waals surface area (Å²) in [6.07, 6.45) is 0.463. The molecule has 0 heterocycles. The zero-order chi connectivity index (χ0) is 13.3. The zero-order valence-corrected chi connectivity index (χ0v) is 10.5. The molecule has 0 aliphatic heterocycles. The molecule has 1 aromatic rings. The van der Waals surface area contributed by atoms with Gasteiger partial charge in [0, 0.05) is 11.8 Å². The van der Waals surface area contributed by atoms with Crippen LogP contribution in [0.4, 0.5) is 0 Å². The number of carbonyl (C=O) groups excluding carboxylic acids is 1. The van der Waals surface area contributed by atoms with Gasteiger partial charge in [0.2, 0.25) is 5.91 Å². The van der Waals surface area contributed by atoms with Crippen LogP contribution < -0.4 is 5.32 Å². The van der Waals surface area contributed by atoms with Crippen molar-refractivity contribution in [2.75, 3.05) is 0 Å². The van der Waals surface area contributed by atoms with Crippen LogP contribution in [0.2, 0.25) is 0 Å². The molecule has 1 aromatic carbocycles. The van der Waals surface area contributed by atoms with Gasteiger partial charge < -0.3 is 10.4 Å². The van der Waals surface area contributed by atoms with E-state index in [0.29, 0.717) is 6.42 Å². The minimum atomic E-state index is -1.11. The molecule has 4 nitrogen and oxygen atoms in total. The lowest BCUT2D eigenvalue weighted by molar-refractivity contribution is -0.143. The fourth-order valence-corrected chi connectivity index (χ4v) is 2.14. The van der Waals surface area contributed by atoms with Gasteiger partial charge in [-0.1, -0.05) is 44.2 Å². The van der Waals surface area contributed by atoms with Crippen molar-refractivity contribution in [1.29, 1.82) is 0 Å². The molecular weight excluding hydrogens is 230 g/mol. The molecule has 1 amide bonds. The lowest BCUT2D eigenvalue weighted by Crippen LogP contribution is -2.46. The van der Waals surface area contributed by atoms with Crippen molar-refractivity contribution in [3.05, 3.63) is 35.9 Å². The Morgan fingerprint density at radius 1 is 1.33 bits per heavy atom. The number of carboxylic acids is 1. The first-order valence-corrected chi connectivity index (χ1v) is 6.08. The predicted molar refractivity (Wildman–Crippen MR) is 67.1 cm³/mol. The highest BCUT2D eigenvalue weighted by Crippen LogP contribution is 2.51. The Kier molecular flexibility index (Phi) is 3.11. The molecule has 2 unspecified atom stereocenters. The van der Waals surface area contributed by atoms with Crippen LogP contribution in [0.25, 0.3) is 0 Å². The van der Waals surface area contributed by atoms with Gasteiger partial charge in [-0.2, -0.15) is 0 Å². The van der Waals surface area contributed by atoms with Gasteiger partial charge in [0.1, 0.15) is 5.54 Å². The van der Waals surface area contributed by atoms with E-state index in [1.165, 1.54) is 0 Å². The van der Waals surface area contributed by atoms with Gasteiger partial charge in [-0.15, -0.1) is 0 Å². The van der Waals surface area contributed by atoms with E-state index >= 15 is 0 Å². The average Bonchev–Trinajstić information content (AvgIpc) is 3.06. The van der Waals surface area contributed by atoms with E-state index in [9.17, 15) is 14.7 Å². The van der Waals surface area contributed by atoms with E-state index in [2.05, 4.69) is 5.32 Å². The first kappa shape index (κ1) is 12.6. The fraction of sp³-hybridized carbons (Fsp3) is 0.429. The van der Waals surface area contributed by atoms with E-state index in [-0.39, 0.29) is 17.7 Å². The second-order valence-corrected chi connectivity index (χ2v) is 5.09. The standard InChI is InChI=1S/C14H17NO3/c1-9(2)12(16)15-14(13(17)18)8-11(14)10-6-4-3-5-7-10/h3-7,9,11H,8H2,1-2H3,(H,15,16)(H,17,18). The van der Waals surface area contributed by atoms with Crippen LogP contribution in [0.15, 0.2) is 30.3 Å². The van der Waals surface area contributed by atoms with Crippen molar-refractivity contribution in [1.82, 2.24) is 5.32 Å². The zero-order valence-electron chi connectivity index (χ0n) is 10.5. The Bertz CT molecular complexity index is 469. The monoisotopic (exact) mass is 247 g/mol. The molecule has 1 aliphatic carbocycles. The minimum Gasteiger partial charge on any atom is -0.479 e. The molecule has 2 rings (SSSR count). The number of carbonyl (C=O) groups is 2. The highest BCUT2D eigenvalue weighted by Gasteiger charge is 2.62. The van der Waals surface area contributed by atoms with E-state index in [0.717, 1.165) is 5.56 Å². The molecule has 96 valence electrons. The Labute approximate surface area is 106 Å². The van der Waals surface area contributed by atoms with Crippen LogP contribution >= 0.6 is 0 Å². The van der Waals surface area contributed by atoms with Gasteiger partial charge >= 0.3 is 5.97 Å². The number of rotatable bonds is 4. The average molecular weight is 247 g/mol. The summed E-state index contributed by atoms with van der Waals surface area (Å²) in [4.78, 5) is 23.1. The highest BCUT2D eigenvalue weighted by atomic mass is 16.4. The van der Waals surface area contributed by atoms with Crippen LogP contribution in [0.5, 0.6) is 0 Å². The van der Waals surface area contributed by atoms with Crippen molar-refractivity contribution >= 4 is 11.9 Å². The molecule has 4 heteroatoms. The number of hydrogen-bond donors (Lipinski definition) is 2. The molecule has 0 spiro atoms. The van der Waals surface area contributed by atoms with Gasteiger partial charge in [0.25, 0.3) is 0 Å². The maximum absolute atomic E-state index is 11.7. The summed E-state index contributed by atoms with van der Waals surface area (Å²) in [6.45, 7) is 3.51. The van der Waals surface area contributed by atoms with Crippen molar-refractivity contribution < 1.29 is 14.7 Å². The molecule has 18 heavy (non-hydrogen) atoms. The topological polar surface area (TPSA) is 66.4 Å². The third-order valence-corrected chi connectivity index (χ3v) is 3.42. The smallest absolute Gasteiger partial charge is 0.330 e. The van der Waals surface area contributed by atoms with E-state index in [4.69, 9.17) is 0 Å². The van der Waals surface area contributed by atoms with E-state index in [1.54, 1.807) is 13.8 Å². The second kappa shape index (κ2) is 4.44. The molecule has 1 fully saturated rings. The lowest BCUT2D eigenvalue weighted by atomic mass is 10.1. The molecule has 0 bridgehead atoms. The van der Waals surface area contributed by atoms with Crippen LogP contribution in [0.3, 0.4) is 0 Å². The summed E-state index contributed by atoms with van der Waals surface area (Å²) >= 11 is 0. The molecule has 1 saturated carbocycles. The number of aliphatic carboxylic acids is 1. The van der Waals surface area contributed by atoms with Gasteiger partial charge in [-0.05, 0) is 12.0 Å². The quantitative estimate of drug-likeness (QED) is 0.852. The summed E-state index contributed by atoms with van der Waals surface area (Å²) in [5, 5.41) is 12.0. The molecule has 1 aliphatic rings. The summed E-state index contributed by atoms with van der Waals surface area (Å²) in [5.74, 6) is -1.50. The van der Waals surface area contributed by atoms with Crippen molar-refractivity contribution in [2.24, 2.45) is 5.92 Å². The third kappa shape index (κ3) is 2.10. The molecule has 0 aromatic heterocycles. The highest BCUT2D eigenvalue weighted by molar-refractivity contribution is 5.92. The van der Waals surface area contributed by atoms with Crippen molar-refractivity contribution in [3.63, 3.8) is 0 Å². The lowest BCUT2D eigenvalue weighted by Gasteiger charge is -2.16. The second-order valence-electron chi connectivity index (χ2n) is 5.09. The summed E-state index contributed by atoms with van der Waals surface area (Å²) < 4.78 is 0. The van der Waals surface area contributed by atoms with E-state index in [1.807, 2.05) is 30.3 Å². The summed E-state index contributed by atoms with van der Waals surface area (Å²) in [5.41, 5.74) is -0.146. The third-order valence-electron chi connectivity index (χ3n) is 3.42. The molecule has 0 radical (unpaired) electrons. The number of hydrogen-bond acceptors (Lipinski definition) is 2. The maximum Gasteiger partial charge on any atom is 0.330 e. The van der Waals surface area contributed by atoms with E-state index < -0.39 is 11.5 Å². The van der Waals surface area contributed by atoms with Crippen LogP contribution in [-0.2, 0) is 9.59 Å². The summed E-state index contributed by atoms with van der Waals surface area (Å²) in [6, 6.07) is 9.45. The summed E-state index contributed by atoms with van der Waals surface area (Å²) in [7, 11) is 0. The molecule has 2 N–H and O–H groups in total. The molecular formula is C14H17NO3. The van der Waals surface area contributed by atoms with Crippen LogP contribution in [-0.4, -0.2) is 22.5 Å². The van der Waals surface area contributed by atoms with Crippen LogP contribution in [0.1, 0.15) is 31.7 Å². The van der Waals surface area contributed by atoms with Gasteiger partial charge in [-0.25, -0.2) is 4.79 Å². The SMILES string of the molecule is CC(C)C(=O)NC1(C(=O)O)CC1c1ccccc1. The normalized spacial score (nSPS) is 25.8. The number of amides is 1. The Morgan fingerprint density at radius 3 is 2.44 bits per heavy atom. The minimum absolute atomic E-state index is 0.126. The van der Waals surface area contributed by atoms with Crippen LogP contribution in [0, 0.1) is 5.92 Å². The molecule has 2 atom stereocenters. The first-order chi connectivity index (χ1) is 8.47. The molecule has 0 saturated heterocycles. The largest absolute Gasteiger partial charge is 0.479 e. The number of nitrogens with one attached hydrogen (secondary N) is 1. The van der Waals surface area contributed by atoms with Crippen molar-refractivity contribution in [2.45, 2.75) is 31.7 Å². The van der Waals surface area contributed by atoms with Crippen molar-refractivity contribution in [3.8, 4) is 0 Å². The fourth-order valence-electron chi connectivity index (χ4n) is 2.14. The predicted octanol–water partition coefficient (Wildman–Crippen LogP) is 1.77.